The lowest BCUT2D eigenvalue weighted by Crippen LogP contribution is -2.38. The average Bonchev–Trinajstić information content (AvgIpc) is 2.83. The van der Waals surface area contributed by atoms with Crippen molar-refractivity contribution in [2.75, 3.05) is 0 Å². The smallest absolute Gasteiger partial charge is 0.171 e. The van der Waals surface area contributed by atoms with Gasteiger partial charge in [-0.15, -0.1) is 0 Å². The lowest BCUT2D eigenvalue weighted by molar-refractivity contribution is -0.137. The number of ketones is 1. The summed E-state index contributed by atoms with van der Waals surface area (Å²) in [6.45, 7) is 6.47. The summed E-state index contributed by atoms with van der Waals surface area (Å²) in [5.41, 5.74) is 0.708. The highest BCUT2D eigenvalue weighted by Crippen LogP contribution is 2.21. The summed E-state index contributed by atoms with van der Waals surface area (Å²) in [6.07, 6.45) is 1.06. The number of Topliss-reactive ketones (excluding diaryl/α,β-unsaturated/α-hetero) is 1. The van der Waals surface area contributed by atoms with Gasteiger partial charge in [-0.25, -0.2) is 4.98 Å². The molecule has 0 radical (unpaired) electrons. The highest BCUT2D eigenvalue weighted by molar-refractivity contribution is 5.89. The van der Waals surface area contributed by atoms with Crippen LogP contribution in [-0.2, 0) is 17.8 Å². The van der Waals surface area contributed by atoms with Crippen molar-refractivity contribution in [3.05, 3.63) is 30.1 Å². The van der Waals surface area contributed by atoms with E-state index in [2.05, 4.69) is 4.98 Å². The van der Waals surface area contributed by atoms with Gasteiger partial charge in [-0.2, -0.15) is 0 Å². The summed E-state index contributed by atoms with van der Waals surface area (Å²) < 4.78 is 2.04. The molecule has 1 aromatic heterocycles. The first-order chi connectivity index (χ1) is 9.55. The van der Waals surface area contributed by atoms with Crippen molar-refractivity contribution >= 4 is 16.8 Å². The fraction of sp³-hybridized carbons (Fsp3) is 0.500. The molecule has 0 bridgehead atoms. The van der Waals surface area contributed by atoms with E-state index in [1.165, 1.54) is 0 Å². The van der Waals surface area contributed by atoms with Crippen molar-refractivity contribution in [3.8, 4) is 0 Å². The fourth-order valence-electron chi connectivity index (χ4n) is 2.57. The lowest BCUT2D eigenvalue weighted by Gasteiger charge is -2.23. The second-order valence-corrected chi connectivity index (χ2v) is 5.10. The Kier molecular flexibility index (Phi) is 4.23. The maximum Gasteiger partial charge on any atom is 0.171 e. The van der Waals surface area contributed by atoms with E-state index in [9.17, 15) is 9.90 Å². The molecule has 20 heavy (non-hydrogen) atoms. The van der Waals surface area contributed by atoms with E-state index in [1.807, 2.05) is 49.6 Å². The van der Waals surface area contributed by atoms with Crippen LogP contribution < -0.4 is 0 Å². The first-order valence-corrected chi connectivity index (χ1v) is 7.25. The molecule has 0 saturated carbocycles. The molecule has 0 aliphatic heterocycles. The molecule has 108 valence electrons. The number of carbonyl (C=O) groups is 1. The van der Waals surface area contributed by atoms with Crippen LogP contribution in [0.25, 0.3) is 11.0 Å². The average molecular weight is 274 g/mol. The summed E-state index contributed by atoms with van der Waals surface area (Å²) in [6, 6.07) is 7.86. The third-order valence-corrected chi connectivity index (χ3v) is 4.06. The van der Waals surface area contributed by atoms with Gasteiger partial charge in [0, 0.05) is 6.54 Å². The summed E-state index contributed by atoms with van der Waals surface area (Å²) >= 11 is 0. The van der Waals surface area contributed by atoms with Gasteiger partial charge in [-0.05, 0) is 31.9 Å². The number of aromatic nitrogens is 2. The van der Waals surface area contributed by atoms with Gasteiger partial charge in [0.2, 0.25) is 0 Å². The monoisotopic (exact) mass is 274 g/mol. The molecule has 0 fully saturated rings. The molecular formula is C16H22N2O2. The molecule has 1 N–H and O–H groups in total. The molecular weight excluding hydrogens is 252 g/mol. The number of imidazole rings is 1. The number of nitrogens with zero attached hydrogens (tertiary/aromatic N) is 2. The molecule has 0 spiro atoms. The fourth-order valence-corrected chi connectivity index (χ4v) is 2.57. The number of aryl methyl sites for hydroxylation is 1. The molecule has 0 unspecified atom stereocenters. The number of para-hydroxylation sites is 2. The number of rotatable bonds is 6. The zero-order valence-corrected chi connectivity index (χ0v) is 12.4. The Morgan fingerprint density at radius 3 is 2.50 bits per heavy atom. The Hall–Kier alpha value is -1.68. The number of fused-ring (bicyclic) bond motifs is 1. The zero-order chi connectivity index (χ0) is 14.8. The minimum atomic E-state index is -1.23. The van der Waals surface area contributed by atoms with Crippen molar-refractivity contribution in [2.45, 2.75) is 52.2 Å². The normalized spacial score (nSPS) is 12.0. The first kappa shape index (κ1) is 14.7. The molecule has 0 amide bonds. The van der Waals surface area contributed by atoms with Crippen LogP contribution in [-0.4, -0.2) is 26.0 Å². The van der Waals surface area contributed by atoms with E-state index in [1.54, 1.807) is 0 Å². The van der Waals surface area contributed by atoms with Gasteiger partial charge < -0.3 is 9.67 Å². The highest BCUT2D eigenvalue weighted by Gasteiger charge is 2.32. The molecule has 4 nitrogen and oxygen atoms in total. The molecule has 1 aromatic carbocycles. The van der Waals surface area contributed by atoms with Crippen LogP contribution in [0.15, 0.2) is 24.3 Å². The molecule has 2 aromatic rings. The SMILES string of the molecule is CCn1c(CC(=O)C(O)(CC)CC)nc2ccccc21. The molecule has 4 heteroatoms. The summed E-state index contributed by atoms with van der Waals surface area (Å²) in [4.78, 5) is 16.9. The Morgan fingerprint density at radius 2 is 1.90 bits per heavy atom. The van der Waals surface area contributed by atoms with E-state index in [-0.39, 0.29) is 12.2 Å². The van der Waals surface area contributed by atoms with Crippen LogP contribution in [0.1, 0.15) is 39.4 Å². The van der Waals surface area contributed by atoms with Gasteiger partial charge in [-0.1, -0.05) is 26.0 Å². The number of benzene rings is 1. The van der Waals surface area contributed by atoms with E-state index in [0.29, 0.717) is 12.8 Å². The minimum absolute atomic E-state index is 0.146. The van der Waals surface area contributed by atoms with Crippen molar-refractivity contribution in [3.63, 3.8) is 0 Å². The minimum Gasteiger partial charge on any atom is -0.382 e. The van der Waals surface area contributed by atoms with E-state index < -0.39 is 5.60 Å². The third kappa shape index (κ3) is 2.48. The van der Waals surface area contributed by atoms with Gasteiger partial charge >= 0.3 is 0 Å². The van der Waals surface area contributed by atoms with Crippen molar-refractivity contribution in [2.24, 2.45) is 0 Å². The van der Waals surface area contributed by atoms with Crippen molar-refractivity contribution in [1.29, 1.82) is 0 Å². The number of aliphatic hydroxyl groups is 1. The van der Waals surface area contributed by atoms with Gasteiger partial charge in [-0.3, -0.25) is 4.79 Å². The van der Waals surface area contributed by atoms with Crippen molar-refractivity contribution < 1.29 is 9.90 Å². The van der Waals surface area contributed by atoms with Crippen LogP contribution in [0.5, 0.6) is 0 Å². The summed E-state index contributed by atoms with van der Waals surface area (Å²) in [7, 11) is 0. The molecule has 2 rings (SSSR count). The van der Waals surface area contributed by atoms with Crippen LogP contribution >= 0.6 is 0 Å². The Bertz CT molecular complexity index is 612. The lowest BCUT2D eigenvalue weighted by atomic mass is 9.90. The molecule has 0 atom stereocenters. The van der Waals surface area contributed by atoms with Crippen molar-refractivity contribution in [1.82, 2.24) is 9.55 Å². The van der Waals surface area contributed by atoms with Crippen LogP contribution in [0, 0.1) is 0 Å². The predicted octanol–water partition coefficient (Wildman–Crippen LogP) is 2.72. The van der Waals surface area contributed by atoms with E-state index in [0.717, 1.165) is 23.4 Å². The third-order valence-electron chi connectivity index (χ3n) is 4.06. The van der Waals surface area contributed by atoms with Gasteiger partial charge in [0.15, 0.2) is 5.78 Å². The Morgan fingerprint density at radius 1 is 1.25 bits per heavy atom. The maximum absolute atomic E-state index is 12.3. The largest absolute Gasteiger partial charge is 0.382 e. The van der Waals surface area contributed by atoms with Gasteiger partial charge in [0.05, 0.1) is 17.5 Å². The van der Waals surface area contributed by atoms with Crippen LogP contribution in [0.4, 0.5) is 0 Å². The molecule has 0 aliphatic rings. The number of hydrogen-bond donors (Lipinski definition) is 1. The molecule has 1 heterocycles. The predicted molar refractivity (Wildman–Crippen MR) is 79.6 cm³/mol. The van der Waals surface area contributed by atoms with Crippen LogP contribution in [0.2, 0.25) is 0 Å². The quantitative estimate of drug-likeness (QED) is 0.881. The standard InChI is InChI=1S/C16H22N2O2/c1-4-16(20,5-2)14(19)11-15-17-12-9-7-8-10-13(12)18(15)6-3/h7-10,20H,4-6,11H2,1-3H3. The number of hydrogen-bond acceptors (Lipinski definition) is 3. The van der Waals surface area contributed by atoms with Gasteiger partial charge in [0.1, 0.15) is 11.4 Å². The van der Waals surface area contributed by atoms with Crippen LogP contribution in [0.3, 0.4) is 0 Å². The van der Waals surface area contributed by atoms with Gasteiger partial charge in [0.25, 0.3) is 0 Å². The van der Waals surface area contributed by atoms with E-state index in [4.69, 9.17) is 0 Å². The summed E-state index contributed by atoms with van der Waals surface area (Å²) in [5.74, 6) is 0.589. The first-order valence-electron chi connectivity index (χ1n) is 7.25. The van der Waals surface area contributed by atoms with E-state index >= 15 is 0 Å². The zero-order valence-electron chi connectivity index (χ0n) is 12.4. The second-order valence-electron chi connectivity index (χ2n) is 5.10. The molecule has 0 saturated heterocycles. The topological polar surface area (TPSA) is 55.1 Å². The number of carbonyl (C=O) groups excluding carboxylic acids is 1. The summed E-state index contributed by atoms with van der Waals surface area (Å²) in [5, 5.41) is 10.3. The molecule has 0 aliphatic carbocycles. The second kappa shape index (κ2) is 5.75. The highest BCUT2D eigenvalue weighted by atomic mass is 16.3. The Balaban J connectivity index is 2.36. The Labute approximate surface area is 119 Å². The maximum atomic E-state index is 12.3.